The molecule has 3 amide bonds. The van der Waals surface area contributed by atoms with Crippen LogP contribution in [0, 0.1) is 41.5 Å². The van der Waals surface area contributed by atoms with E-state index < -0.39 is 0 Å². The van der Waals surface area contributed by atoms with Crippen LogP contribution in [0.1, 0.15) is 87.9 Å². The first-order valence-electron chi connectivity index (χ1n) is 16.7. The average molecular weight is 649 g/mol. The molecule has 0 saturated heterocycles. The Morgan fingerprint density at radius 3 is 0.896 bits per heavy atom. The third-order valence-corrected chi connectivity index (χ3v) is 8.35. The highest BCUT2D eigenvalue weighted by Gasteiger charge is 2.26. The van der Waals surface area contributed by atoms with Crippen LogP contribution in [0.4, 0.5) is 17.5 Å². The van der Waals surface area contributed by atoms with Crippen molar-refractivity contribution in [2.75, 3.05) is 16.0 Å². The standard InChI is InChI=1S/C39H48N6O3/c1-10-28-31(19-37(46)43-34-16-22(4)13-25(7)40-34)29(11-2)33(21-39(48)45-36-18-24(6)15-27(9)42-36)30(12-3)32(28)20-38(47)44-35-17-23(5)14-26(8)41-35/h13-18H,10-12,19-21H2,1-9H3,(H,40,43,46)(H,41,44,47)(H,42,45,48). The van der Waals surface area contributed by atoms with Crippen molar-refractivity contribution in [3.8, 4) is 0 Å². The maximum absolute atomic E-state index is 13.6. The lowest BCUT2D eigenvalue weighted by Crippen LogP contribution is -2.25. The zero-order valence-corrected chi connectivity index (χ0v) is 29.8. The number of benzene rings is 1. The van der Waals surface area contributed by atoms with E-state index in [0.717, 1.165) is 67.2 Å². The van der Waals surface area contributed by atoms with Crippen molar-refractivity contribution >= 4 is 35.2 Å². The van der Waals surface area contributed by atoms with Crippen molar-refractivity contribution in [3.63, 3.8) is 0 Å². The van der Waals surface area contributed by atoms with Gasteiger partial charge in [-0.2, -0.15) is 0 Å². The van der Waals surface area contributed by atoms with Crippen molar-refractivity contribution < 1.29 is 14.4 Å². The largest absolute Gasteiger partial charge is 0.310 e. The molecule has 3 heterocycles. The fourth-order valence-corrected chi connectivity index (χ4v) is 6.77. The molecule has 3 aromatic heterocycles. The summed E-state index contributed by atoms with van der Waals surface area (Å²) in [7, 11) is 0. The highest BCUT2D eigenvalue weighted by atomic mass is 16.2. The van der Waals surface area contributed by atoms with Gasteiger partial charge in [-0.1, -0.05) is 20.8 Å². The molecule has 48 heavy (non-hydrogen) atoms. The molecule has 4 aromatic rings. The molecule has 0 aliphatic heterocycles. The van der Waals surface area contributed by atoms with E-state index in [1.165, 1.54) is 0 Å². The number of carbonyl (C=O) groups is 3. The fraction of sp³-hybridized carbons (Fsp3) is 0.385. The summed E-state index contributed by atoms with van der Waals surface area (Å²) < 4.78 is 0. The number of nitrogens with one attached hydrogen (secondary N) is 3. The van der Waals surface area contributed by atoms with Gasteiger partial charge < -0.3 is 16.0 Å². The molecular formula is C39H48N6O3. The Balaban J connectivity index is 1.79. The predicted octanol–water partition coefficient (Wildman–Crippen LogP) is 6.95. The summed E-state index contributed by atoms with van der Waals surface area (Å²) in [5.74, 6) is 0.891. The van der Waals surface area contributed by atoms with Gasteiger partial charge in [0, 0.05) is 17.1 Å². The van der Waals surface area contributed by atoms with Crippen LogP contribution in [0.2, 0.25) is 0 Å². The van der Waals surface area contributed by atoms with Gasteiger partial charge in [-0.15, -0.1) is 0 Å². The Bertz CT molecular complexity index is 1570. The highest BCUT2D eigenvalue weighted by molar-refractivity contribution is 5.95. The maximum Gasteiger partial charge on any atom is 0.229 e. The quantitative estimate of drug-likeness (QED) is 0.153. The Kier molecular flexibility index (Phi) is 11.8. The van der Waals surface area contributed by atoms with Crippen LogP contribution in [0.15, 0.2) is 36.4 Å². The van der Waals surface area contributed by atoms with E-state index in [2.05, 4.69) is 30.9 Å². The molecule has 4 rings (SSSR count). The normalized spacial score (nSPS) is 10.9. The number of aromatic nitrogens is 3. The second-order valence-electron chi connectivity index (χ2n) is 12.6. The van der Waals surface area contributed by atoms with E-state index in [0.29, 0.717) is 36.7 Å². The molecule has 3 N–H and O–H groups in total. The molecule has 0 unspecified atom stereocenters. The molecule has 0 fully saturated rings. The number of aryl methyl sites for hydroxylation is 6. The van der Waals surface area contributed by atoms with Gasteiger partial charge in [0.05, 0.1) is 19.3 Å². The summed E-state index contributed by atoms with van der Waals surface area (Å²) in [5.41, 5.74) is 11.0. The first kappa shape index (κ1) is 35.9. The monoisotopic (exact) mass is 648 g/mol. The molecule has 9 heteroatoms. The fourth-order valence-electron chi connectivity index (χ4n) is 6.77. The van der Waals surface area contributed by atoms with Crippen LogP contribution in [0.25, 0.3) is 0 Å². The number of pyridine rings is 3. The zero-order chi connectivity index (χ0) is 35.1. The van der Waals surface area contributed by atoms with Crippen molar-refractivity contribution in [1.29, 1.82) is 0 Å². The second kappa shape index (κ2) is 15.8. The van der Waals surface area contributed by atoms with Gasteiger partial charge in [-0.3, -0.25) is 14.4 Å². The summed E-state index contributed by atoms with van der Waals surface area (Å²) in [6, 6.07) is 11.4. The Labute approximate surface area is 284 Å². The van der Waals surface area contributed by atoms with Gasteiger partial charge in [0.15, 0.2) is 0 Å². The molecule has 9 nitrogen and oxygen atoms in total. The lowest BCUT2D eigenvalue weighted by Gasteiger charge is -2.26. The third kappa shape index (κ3) is 9.12. The lowest BCUT2D eigenvalue weighted by atomic mass is 9.80. The van der Waals surface area contributed by atoms with Gasteiger partial charge in [-0.05, 0) is 147 Å². The molecule has 252 valence electrons. The van der Waals surface area contributed by atoms with Crippen molar-refractivity contribution in [3.05, 3.63) is 104 Å². The van der Waals surface area contributed by atoms with Gasteiger partial charge in [0.25, 0.3) is 0 Å². The second-order valence-corrected chi connectivity index (χ2v) is 12.6. The third-order valence-electron chi connectivity index (χ3n) is 8.35. The number of nitrogens with zero attached hydrogens (tertiary/aromatic N) is 3. The number of carbonyl (C=O) groups excluding carboxylic acids is 3. The number of amides is 3. The van der Waals surface area contributed by atoms with Crippen molar-refractivity contribution in [1.82, 2.24) is 15.0 Å². The molecule has 0 atom stereocenters. The lowest BCUT2D eigenvalue weighted by molar-refractivity contribution is -0.116. The molecule has 1 aromatic carbocycles. The SMILES string of the molecule is CCc1c(CC(=O)Nc2cc(C)cc(C)n2)c(CC)c(CC(=O)Nc2cc(C)cc(C)n2)c(CC)c1CC(=O)Nc1cc(C)cc(C)n1. The minimum Gasteiger partial charge on any atom is -0.310 e. The molecular weight excluding hydrogens is 600 g/mol. The van der Waals surface area contributed by atoms with Crippen LogP contribution in [0.3, 0.4) is 0 Å². The predicted molar refractivity (Wildman–Crippen MR) is 193 cm³/mol. The Morgan fingerprint density at radius 2 is 0.688 bits per heavy atom. The Hall–Kier alpha value is -4.92. The molecule has 0 spiro atoms. The molecule has 0 bridgehead atoms. The summed E-state index contributed by atoms with van der Waals surface area (Å²) in [4.78, 5) is 54.4. The van der Waals surface area contributed by atoms with Gasteiger partial charge in [0.2, 0.25) is 17.7 Å². The number of anilines is 3. The van der Waals surface area contributed by atoms with Crippen LogP contribution >= 0.6 is 0 Å². The summed E-state index contributed by atoms with van der Waals surface area (Å²) >= 11 is 0. The average Bonchev–Trinajstić information content (AvgIpc) is 2.95. The van der Waals surface area contributed by atoms with Crippen LogP contribution in [0.5, 0.6) is 0 Å². The van der Waals surface area contributed by atoms with Crippen molar-refractivity contribution in [2.24, 2.45) is 0 Å². The summed E-state index contributed by atoms with van der Waals surface area (Å²) in [6.07, 6.45) is 2.12. The molecule has 0 aliphatic rings. The Morgan fingerprint density at radius 1 is 0.438 bits per heavy atom. The van der Waals surface area contributed by atoms with Gasteiger partial charge in [-0.25, -0.2) is 15.0 Å². The summed E-state index contributed by atoms with van der Waals surface area (Å²) in [6.45, 7) is 17.7. The van der Waals surface area contributed by atoms with E-state index in [9.17, 15) is 14.4 Å². The minimum absolute atomic E-state index is 0.0888. The minimum atomic E-state index is -0.203. The molecule has 0 saturated carbocycles. The van der Waals surface area contributed by atoms with Gasteiger partial charge >= 0.3 is 0 Å². The number of hydrogen-bond acceptors (Lipinski definition) is 6. The van der Waals surface area contributed by atoms with Crippen molar-refractivity contribution in [2.45, 2.75) is 101 Å². The van der Waals surface area contributed by atoms with Crippen LogP contribution < -0.4 is 16.0 Å². The van der Waals surface area contributed by atoms with Gasteiger partial charge in [0.1, 0.15) is 17.5 Å². The first-order valence-corrected chi connectivity index (χ1v) is 16.7. The van der Waals surface area contributed by atoms with E-state index in [1.807, 2.05) is 98.7 Å². The smallest absolute Gasteiger partial charge is 0.229 e. The number of hydrogen-bond donors (Lipinski definition) is 3. The van der Waals surface area contributed by atoms with E-state index >= 15 is 0 Å². The van der Waals surface area contributed by atoms with Crippen LogP contribution in [-0.4, -0.2) is 32.7 Å². The molecule has 0 radical (unpaired) electrons. The van der Waals surface area contributed by atoms with E-state index in [4.69, 9.17) is 0 Å². The molecule has 0 aliphatic carbocycles. The van der Waals surface area contributed by atoms with E-state index in [-0.39, 0.29) is 37.0 Å². The van der Waals surface area contributed by atoms with Crippen LogP contribution in [-0.2, 0) is 52.9 Å². The van der Waals surface area contributed by atoms with E-state index in [1.54, 1.807) is 0 Å². The topological polar surface area (TPSA) is 126 Å². The number of rotatable bonds is 12. The summed E-state index contributed by atoms with van der Waals surface area (Å²) in [5, 5.41) is 8.96. The first-order chi connectivity index (χ1) is 22.8. The highest BCUT2D eigenvalue weighted by Crippen LogP contribution is 2.33. The zero-order valence-electron chi connectivity index (χ0n) is 29.8. The maximum atomic E-state index is 13.6.